The standard InChI is InChI=1S/C28H26N4O4S3/c1-13-6-8-18(9-7-13)12-37-28-31-30-27(39-28)32-21(19-10-14(2)22(33)15(3)11-19)20(24(35)26(32)36)23(34)25-16(4)29-17(5)38-25/h6-11,21,33,35H,12H2,1-5H3. The first kappa shape index (κ1) is 27.0. The summed E-state index contributed by atoms with van der Waals surface area (Å²) in [7, 11) is 0. The Labute approximate surface area is 238 Å². The number of hydrogen-bond donors (Lipinski definition) is 2. The molecule has 1 aliphatic rings. The molecule has 2 N–H and O–H groups in total. The number of aliphatic hydroxyl groups excluding tert-OH is 1. The number of Topliss-reactive ketones (excluding diaryl/α,β-unsaturated/α-hetero) is 1. The molecule has 0 saturated carbocycles. The van der Waals surface area contributed by atoms with Crippen molar-refractivity contribution in [3.63, 3.8) is 0 Å². The first-order valence-corrected chi connectivity index (χ1v) is 14.7. The number of ketones is 1. The number of aryl methyl sites for hydroxylation is 5. The zero-order valence-corrected chi connectivity index (χ0v) is 24.4. The number of hydrogen-bond acceptors (Lipinski definition) is 10. The van der Waals surface area contributed by atoms with Gasteiger partial charge in [0.2, 0.25) is 10.9 Å². The summed E-state index contributed by atoms with van der Waals surface area (Å²) in [4.78, 5) is 33.4. The number of thioether (sulfide) groups is 1. The highest BCUT2D eigenvalue weighted by Crippen LogP contribution is 2.45. The average Bonchev–Trinajstić information content (AvgIpc) is 3.57. The molecule has 1 amide bonds. The van der Waals surface area contributed by atoms with Crippen LogP contribution in [-0.4, -0.2) is 37.1 Å². The van der Waals surface area contributed by atoms with Crippen molar-refractivity contribution in [2.45, 2.75) is 50.8 Å². The normalized spacial score (nSPS) is 15.5. The number of aromatic hydroxyl groups is 1. The quantitative estimate of drug-likeness (QED) is 0.149. The first-order chi connectivity index (χ1) is 18.5. The second-order valence-corrected chi connectivity index (χ2v) is 12.8. The molecule has 39 heavy (non-hydrogen) atoms. The fourth-order valence-electron chi connectivity index (χ4n) is 4.55. The van der Waals surface area contributed by atoms with E-state index in [2.05, 4.69) is 39.4 Å². The summed E-state index contributed by atoms with van der Waals surface area (Å²) in [5.74, 6) is -0.992. The highest BCUT2D eigenvalue weighted by atomic mass is 32.2. The lowest BCUT2D eigenvalue weighted by atomic mass is 9.92. The Balaban J connectivity index is 1.55. The molecule has 3 heterocycles. The van der Waals surface area contributed by atoms with Crippen molar-refractivity contribution in [3.8, 4) is 5.75 Å². The maximum absolute atomic E-state index is 13.8. The van der Waals surface area contributed by atoms with Gasteiger partial charge in [0.05, 0.1) is 27.2 Å². The fraction of sp³-hybridized carbons (Fsp3) is 0.250. The minimum absolute atomic E-state index is 0.0414. The molecule has 2 aromatic carbocycles. The third-order valence-corrected chi connectivity index (χ3v) is 9.68. The lowest BCUT2D eigenvalue weighted by molar-refractivity contribution is -0.117. The number of amides is 1. The minimum atomic E-state index is -0.951. The van der Waals surface area contributed by atoms with Crippen molar-refractivity contribution in [1.82, 2.24) is 15.2 Å². The second-order valence-electron chi connectivity index (χ2n) is 9.44. The molecule has 0 saturated heterocycles. The minimum Gasteiger partial charge on any atom is -0.507 e. The van der Waals surface area contributed by atoms with E-state index in [0.29, 0.717) is 42.4 Å². The van der Waals surface area contributed by atoms with Crippen molar-refractivity contribution in [2.75, 3.05) is 4.90 Å². The lowest BCUT2D eigenvalue weighted by Crippen LogP contribution is -2.31. The molecule has 8 nitrogen and oxygen atoms in total. The highest BCUT2D eigenvalue weighted by Gasteiger charge is 2.47. The molecule has 0 fully saturated rings. The number of phenols is 1. The maximum atomic E-state index is 13.8. The molecule has 5 rings (SSSR count). The van der Waals surface area contributed by atoms with Crippen molar-refractivity contribution in [3.05, 3.63) is 91.1 Å². The van der Waals surface area contributed by atoms with Gasteiger partial charge in [-0.2, -0.15) is 0 Å². The van der Waals surface area contributed by atoms with Gasteiger partial charge < -0.3 is 10.2 Å². The van der Waals surface area contributed by atoms with E-state index in [9.17, 15) is 19.8 Å². The molecule has 0 radical (unpaired) electrons. The summed E-state index contributed by atoms with van der Waals surface area (Å²) in [6, 6.07) is 10.7. The molecule has 0 aliphatic carbocycles. The molecular weight excluding hydrogens is 553 g/mol. The van der Waals surface area contributed by atoms with Crippen LogP contribution in [0.3, 0.4) is 0 Å². The van der Waals surface area contributed by atoms with E-state index in [-0.39, 0.29) is 16.5 Å². The Bertz CT molecular complexity index is 1620. The zero-order chi connectivity index (χ0) is 28.0. The van der Waals surface area contributed by atoms with Gasteiger partial charge in [-0.3, -0.25) is 14.5 Å². The third-order valence-electron chi connectivity index (χ3n) is 6.48. The molecular formula is C28H26N4O4S3. The van der Waals surface area contributed by atoms with Gasteiger partial charge in [0.15, 0.2) is 10.1 Å². The molecule has 1 atom stereocenters. The van der Waals surface area contributed by atoms with Crippen LogP contribution in [0.25, 0.3) is 0 Å². The van der Waals surface area contributed by atoms with Crippen LogP contribution < -0.4 is 4.90 Å². The maximum Gasteiger partial charge on any atom is 0.296 e. The van der Waals surface area contributed by atoms with Crippen molar-refractivity contribution < 1.29 is 19.8 Å². The summed E-state index contributed by atoms with van der Waals surface area (Å²) >= 11 is 3.94. The molecule has 11 heteroatoms. The first-order valence-electron chi connectivity index (χ1n) is 12.1. The van der Waals surface area contributed by atoms with E-state index in [0.717, 1.165) is 5.56 Å². The highest BCUT2D eigenvalue weighted by molar-refractivity contribution is 8.00. The predicted octanol–water partition coefficient (Wildman–Crippen LogP) is 6.32. The van der Waals surface area contributed by atoms with Crippen LogP contribution in [0.1, 0.15) is 54.2 Å². The number of phenolic OH excluding ortho intramolecular Hbond substituents is 1. The van der Waals surface area contributed by atoms with Gasteiger partial charge in [0.1, 0.15) is 5.75 Å². The van der Waals surface area contributed by atoms with Gasteiger partial charge in [-0.15, -0.1) is 21.5 Å². The van der Waals surface area contributed by atoms with Crippen LogP contribution in [-0.2, 0) is 10.5 Å². The number of benzene rings is 2. The molecule has 0 bridgehead atoms. The number of thiazole rings is 1. The number of aliphatic hydroxyl groups is 1. The molecule has 2 aromatic heterocycles. The SMILES string of the molecule is Cc1ccc(CSc2nnc(N3C(=O)C(O)=C(C(=O)c4sc(C)nc4C)C3c3cc(C)c(O)c(C)c3)s2)cc1. The fourth-order valence-corrected chi connectivity index (χ4v) is 7.25. The molecule has 1 unspecified atom stereocenters. The Morgan fingerprint density at radius 2 is 1.67 bits per heavy atom. The molecule has 1 aliphatic heterocycles. The summed E-state index contributed by atoms with van der Waals surface area (Å²) in [5, 5.41) is 31.0. The van der Waals surface area contributed by atoms with Crippen molar-refractivity contribution in [2.24, 2.45) is 0 Å². The zero-order valence-electron chi connectivity index (χ0n) is 22.0. The van der Waals surface area contributed by atoms with Crippen molar-refractivity contribution in [1.29, 1.82) is 0 Å². The van der Waals surface area contributed by atoms with Crippen LogP contribution in [0.5, 0.6) is 5.75 Å². The lowest BCUT2D eigenvalue weighted by Gasteiger charge is -2.25. The van der Waals surface area contributed by atoms with Gasteiger partial charge in [0.25, 0.3) is 5.91 Å². The summed E-state index contributed by atoms with van der Waals surface area (Å²) < 4.78 is 0.656. The summed E-state index contributed by atoms with van der Waals surface area (Å²) in [6.07, 6.45) is 0. The number of carbonyl (C=O) groups is 2. The number of nitrogens with zero attached hydrogens (tertiary/aromatic N) is 4. The van der Waals surface area contributed by atoms with E-state index in [4.69, 9.17) is 0 Å². The summed E-state index contributed by atoms with van der Waals surface area (Å²) in [5.41, 5.74) is 4.57. The third kappa shape index (κ3) is 5.09. The van der Waals surface area contributed by atoms with Crippen LogP contribution in [0.4, 0.5) is 5.13 Å². The Kier molecular flexibility index (Phi) is 7.32. The van der Waals surface area contributed by atoms with E-state index < -0.39 is 23.5 Å². The van der Waals surface area contributed by atoms with Crippen molar-refractivity contribution >= 4 is 51.3 Å². The average molecular weight is 579 g/mol. The predicted molar refractivity (Wildman–Crippen MR) is 154 cm³/mol. The largest absolute Gasteiger partial charge is 0.507 e. The van der Waals surface area contributed by atoms with Crippen LogP contribution in [0, 0.1) is 34.6 Å². The van der Waals surface area contributed by atoms with Gasteiger partial charge in [-0.05, 0) is 69.0 Å². The Hall–Kier alpha value is -3.54. The molecule has 4 aromatic rings. The van der Waals surface area contributed by atoms with Gasteiger partial charge in [-0.1, -0.05) is 52.9 Å². The van der Waals surface area contributed by atoms with Crippen LogP contribution in [0.15, 0.2) is 52.1 Å². The van der Waals surface area contributed by atoms with Gasteiger partial charge in [0, 0.05) is 5.75 Å². The van der Waals surface area contributed by atoms with E-state index >= 15 is 0 Å². The number of aromatic nitrogens is 3. The monoisotopic (exact) mass is 578 g/mol. The molecule has 0 spiro atoms. The van der Waals surface area contributed by atoms with E-state index in [1.54, 1.807) is 39.8 Å². The topological polar surface area (TPSA) is 117 Å². The van der Waals surface area contributed by atoms with E-state index in [1.165, 1.54) is 44.9 Å². The molecule has 200 valence electrons. The Morgan fingerprint density at radius 3 is 2.28 bits per heavy atom. The number of rotatable bonds is 7. The second kappa shape index (κ2) is 10.6. The Morgan fingerprint density at radius 1 is 1.00 bits per heavy atom. The smallest absolute Gasteiger partial charge is 0.296 e. The van der Waals surface area contributed by atoms with Crippen LogP contribution >= 0.6 is 34.4 Å². The van der Waals surface area contributed by atoms with Gasteiger partial charge in [-0.25, -0.2) is 4.98 Å². The summed E-state index contributed by atoms with van der Waals surface area (Å²) in [6.45, 7) is 9.07. The number of carbonyl (C=O) groups excluding carboxylic acids is 2. The van der Waals surface area contributed by atoms with Gasteiger partial charge >= 0.3 is 0 Å². The number of anilines is 1. The van der Waals surface area contributed by atoms with E-state index in [1.807, 2.05) is 6.92 Å². The van der Waals surface area contributed by atoms with Crippen LogP contribution in [0.2, 0.25) is 0 Å².